The van der Waals surface area contributed by atoms with Crippen LogP contribution >= 0.6 is 0 Å². The summed E-state index contributed by atoms with van der Waals surface area (Å²) in [5, 5.41) is 0.846. The van der Waals surface area contributed by atoms with Gasteiger partial charge in [0.1, 0.15) is 5.82 Å². The Morgan fingerprint density at radius 1 is 1.40 bits per heavy atom. The highest BCUT2D eigenvalue weighted by atomic mass is 19.1. The lowest BCUT2D eigenvalue weighted by atomic mass is 10.2. The molecule has 2 nitrogen and oxygen atoms in total. The number of benzene rings is 1. The van der Waals surface area contributed by atoms with Crippen molar-refractivity contribution in [1.82, 2.24) is 4.57 Å². The van der Waals surface area contributed by atoms with Gasteiger partial charge in [0, 0.05) is 23.2 Å². The van der Waals surface area contributed by atoms with Crippen LogP contribution in [0.4, 0.5) is 4.39 Å². The van der Waals surface area contributed by atoms with Crippen LogP contribution in [0.2, 0.25) is 0 Å². The molecule has 0 spiro atoms. The fourth-order valence-corrected chi connectivity index (χ4v) is 2.00. The molecule has 0 saturated heterocycles. The normalized spacial score (nSPS) is 15.8. The molecule has 15 heavy (non-hydrogen) atoms. The van der Waals surface area contributed by atoms with E-state index in [-0.39, 0.29) is 5.82 Å². The van der Waals surface area contributed by atoms with Gasteiger partial charge in [0.25, 0.3) is 0 Å². The van der Waals surface area contributed by atoms with Crippen LogP contribution < -0.4 is 0 Å². The van der Waals surface area contributed by atoms with E-state index in [1.165, 1.54) is 12.1 Å². The fourth-order valence-electron chi connectivity index (χ4n) is 2.00. The average Bonchev–Trinajstić information content (AvgIpc) is 3.00. The molecule has 76 valence electrons. The second-order valence-corrected chi connectivity index (χ2v) is 4.00. The summed E-state index contributed by atoms with van der Waals surface area (Å²) >= 11 is 0. The third-order valence-corrected chi connectivity index (χ3v) is 2.89. The lowest BCUT2D eigenvalue weighted by Gasteiger charge is -2.01. The first kappa shape index (κ1) is 8.65. The average molecular weight is 203 g/mol. The molecule has 0 N–H and O–H groups in total. The molecule has 0 aliphatic heterocycles. The Bertz CT molecular complexity index is 540. The Morgan fingerprint density at radius 2 is 2.20 bits per heavy atom. The molecule has 1 heterocycles. The molecule has 1 fully saturated rings. The third-order valence-electron chi connectivity index (χ3n) is 2.89. The van der Waals surface area contributed by atoms with Crippen molar-refractivity contribution in [3.05, 3.63) is 35.8 Å². The van der Waals surface area contributed by atoms with Crippen LogP contribution in [-0.4, -0.2) is 10.9 Å². The van der Waals surface area contributed by atoms with Gasteiger partial charge in [0.15, 0.2) is 6.29 Å². The van der Waals surface area contributed by atoms with Crippen LogP contribution in [0.5, 0.6) is 0 Å². The molecule has 1 saturated carbocycles. The van der Waals surface area contributed by atoms with Gasteiger partial charge in [-0.3, -0.25) is 4.79 Å². The van der Waals surface area contributed by atoms with Crippen LogP contribution in [0, 0.1) is 5.82 Å². The predicted octanol–water partition coefficient (Wildman–Crippen LogP) is 2.93. The van der Waals surface area contributed by atoms with Crippen molar-refractivity contribution in [3.8, 4) is 0 Å². The minimum Gasteiger partial charge on any atom is -0.344 e. The summed E-state index contributed by atoms with van der Waals surface area (Å²) in [7, 11) is 0. The zero-order chi connectivity index (χ0) is 10.4. The summed E-state index contributed by atoms with van der Waals surface area (Å²) < 4.78 is 15.1. The van der Waals surface area contributed by atoms with Gasteiger partial charge >= 0.3 is 0 Å². The first-order valence-corrected chi connectivity index (χ1v) is 5.05. The minimum absolute atomic E-state index is 0.250. The van der Waals surface area contributed by atoms with Crippen molar-refractivity contribution >= 4 is 17.2 Å². The number of fused-ring (bicyclic) bond motifs is 1. The van der Waals surface area contributed by atoms with E-state index in [1.54, 1.807) is 6.07 Å². The van der Waals surface area contributed by atoms with Crippen LogP contribution in [0.15, 0.2) is 24.4 Å². The zero-order valence-corrected chi connectivity index (χ0v) is 8.11. The molecule has 0 radical (unpaired) electrons. The van der Waals surface area contributed by atoms with Gasteiger partial charge in [-0.1, -0.05) is 0 Å². The number of carbonyl (C=O) groups excluding carboxylic acids is 1. The first-order chi connectivity index (χ1) is 7.29. The summed E-state index contributed by atoms with van der Waals surface area (Å²) in [6, 6.07) is 5.03. The molecular formula is C12H10FNO. The second kappa shape index (κ2) is 2.92. The lowest BCUT2D eigenvalue weighted by molar-refractivity contribution is 0.112. The van der Waals surface area contributed by atoms with Crippen molar-refractivity contribution in [2.75, 3.05) is 0 Å². The summed E-state index contributed by atoms with van der Waals surface area (Å²) in [4.78, 5) is 10.9. The van der Waals surface area contributed by atoms with Gasteiger partial charge in [-0.15, -0.1) is 0 Å². The molecule has 0 unspecified atom stereocenters. The van der Waals surface area contributed by atoms with E-state index in [2.05, 4.69) is 0 Å². The molecule has 3 rings (SSSR count). The van der Waals surface area contributed by atoms with Gasteiger partial charge < -0.3 is 4.57 Å². The maximum Gasteiger partial charge on any atom is 0.152 e. The van der Waals surface area contributed by atoms with Crippen LogP contribution in [0.3, 0.4) is 0 Å². The highest BCUT2D eigenvalue weighted by Gasteiger charge is 2.25. The maximum atomic E-state index is 13.1. The number of aromatic nitrogens is 1. The summed E-state index contributed by atoms with van der Waals surface area (Å²) in [5.74, 6) is -0.250. The number of nitrogens with zero attached hydrogens (tertiary/aromatic N) is 1. The Kier molecular flexibility index (Phi) is 1.69. The molecule has 1 aromatic carbocycles. The molecular weight excluding hydrogens is 193 g/mol. The van der Waals surface area contributed by atoms with E-state index in [4.69, 9.17) is 0 Å². The fraction of sp³-hybridized carbons (Fsp3) is 0.250. The topological polar surface area (TPSA) is 22.0 Å². The van der Waals surface area contributed by atoms with Gasteiger partial charge in [-0.25, -0.2) is 4.39 Å². The van der Waals surface area contributed by atoms with E-state index in [0.717, 1.165) is 30.0 Å². The molecule has 1 aromatic heterocycles. The molecule has 0 amide bonds. The number of halogens is 1. The predicted molar refractivity (Wildman–Crippen MR) is 55.6 cm³/mol. The van der Waals surface area contributed by atoms with E-state index in [1.807, 2.05) is 10.8 Å². The van der Waals surface area contributed by atoms with E-state index < -0.39 is 0 Å². The monoisotopic (exact) mass is 203 g/mol. The Balaban J connectivity index is 2.33. The lowest BCUT2D eigenvalue weighted by Crippen LogP contribution is -1.90. The van der Waals surface area contributed by atoms with Gasteiger partial charge in [0.05, 0.1) is 5.52 Å². The van der Waals surface area contributed by atoms with Crippen molar-refractivity contribution in [3.63, 3.8) is 0 Å². The standard InChI is InChI=1S/C12H10FNO/c13-9-1-4-11-8(7-15)6-14(10-2-3-10)12(11)5-9/h1,4-7,10H,2-3H2. The second-order valence-electron chi connectivity index (χ2n) is 4.00. The molecule has 1 aliphatic rings. The molecule has 2 aromatic rings. The molecule has 0 bridgehead atoms. The van der Waals surface area contributed by atoms with Crippen LogP contribution in [-0.2, 0) is 0 Å². The number of rotatable bonds is 2. The highest BCUT2D eigenvalue weighted by molar-refractivity contribution is 5.97. The summed E-state index contributed by atoms with van der Waals surface area (Å²) in [6.07, 6.45) is 4.91. The summed E-state index contributed by atoms with van der Waals surface area (Å²) in [6.45, 7) is 0. The quantitative estimate of drug-likeness (QED) is 0.688. The highest BCUT2D eigenvalue weighted by Crippen LogP contribution is 2.38. The third kappa shape index (κ3) is 1.27. The molecule has 0 atom stereocenters. The molecule has 1 aliphatic carbocycles. The van der Waals surface area contributed by atoms with Crippen LogP contribution in [0.1, 0.15) is 29.2 Å². The smallest absolute Gasteiger partial charge is 0.152 e. The zero-order valence-electron chi connectivity index (χ0n) is 8.11. The van der Waals surface area contributed by atoms with Crippen molar-refractivity contribution < 1.29 is 9.18 Å². The largest absolute Gasteiger partial charge is 0.344 e. The number of hydrogen-bond donors (Lipinski definition) is 0. The van der Waals surface area contributed by atoms with E-state index in [9.17, 15) is 9.18 Å². The van der Waals surface area contributed by atoms with Crippen molar-refractivity contribution in [2.45, 2.75) is 18.9 Å². The molecule has 3 heteroatoms. The van der Waals surface area contributed by atoms with Gasteiger partial charge in [-0.2, -0.15) is 0 Å². The number of hydrogen-bond acceptors (Lipinski definition) is 1. The SMILES string of the molecule is O=Cc1cn(C2CC2)c2cc(F)ccc12. The number of carbonyl (C=O) groups is 1. The minimum atomic E-state index is -0.250. The van der Waals surface area contributed by atoms with E-state index >= 15 is 0 Å². The van der Waals surface area contributed by atoms with Crippen molar-refractivity contribution in [1.29, 1.82) is 0 Å². The van der Waals surface area contributed by atoms with E-state index in [0.29, 0.717) is 11.6 Å². The summed E-state index contributed by atoms with van der Waals surface area (Å²) in [5.41, 5.74) is 1.48. The Hall–Kier alpha value is -1.64. The number of aldehydes is 1. The van der Waals surface area contributed by atoms with Gasteiger partial charge in [-0.05, 0) is 31.0 Å². The Morgan fingerprint density at radius 3 is 2.87 bits per heavy atom. The van der Waals surface area contributed by atoms with Crippen molar-refractivity contribution in [2.24, 2.45) is 0 Å². The maximum absolute atomic E-state index is 13.1. The van der Waals surface area contributed by atoms with Gasteiger partial charge in [0.2, 0.25) is 0 Å². The first-order valence-electron chi connectivity index (χ1n) is 5.05. The van der Waals surface area contributed by atoms with Crippen LogP contribution in [0.25, 0.3) is 10.9 Å². The Labute approximate surface area is 86.3 Å².